The van der Waals surface area contributed by atoms with E-state index in [9.17, 15) is 21.6 Å². The molecule has 1 atom stereocenters. The Labute approximate surface area is 201 Å². The number of aromatic nitrogens is 5. The van der Waals surface area contributed by atoms with Crippen LogP contribution in [0.2, 0.25) is 5.02 Å². The molecule has 1 aliphatic heterocycles. The molecule has 2 N–H and O–H groups in total. The zero-order valence-corrected chi connectivity index (χ0v) is 19.8. The Hall–Kier alpha value is -3.03. The topological polar surface area (TPSA) is 109 Å². The molecule has 0 aliphatic carbocycles. The van der Waals surface area contributed by atoms with Gasteiger partial charge in [-0.15, -0.1) is 10.2 Å². The number of aryl methyl sites for hydroxylation is 1. The van der Waals surface area contributed by atoms with Crippen LogP contribution in [0, 0.1) is 6.92 Å². The second-order valence-corrected chi connectivity index (χ2v) is 9.84. The minimum Gasteiger partial charge on any atom is -0.364 e. The van der Waals surface area contributed by atoms with Gasteiger partial charge in [-0.05, 0) is 31.2 Å². The van der Waals surface area contributed by atoms with E-state index in [1.165, 1.54) is 12.3 Å². The molecule has 0 bridgehead atoms. The lowest BCUT2D eigenvalue weighted by Gasteiger charge is -2.32. The summed E-state index contributed by atoms with van der Waals surface area (Å²) in [5, 5.41) is 14.5. The summed E-state index contributed by atoms with van der Waals surface area (Å²) in [5.74, 6) is 1.33. The number of hydrogen-bond donors (Lipinski definition) is 2. The van der Waals surface area contributed by atoms with Gasteiger partial charge in [-0.25, -0.2) is 8.42 Å². The van der Waals surface area contributed by atoms with Crippen molar-refractivity contribution in [2.24, 2.45) is 0 Å². The minimum absolute atomic E-state index is 0.0478. The molecule has 1 aliphatic rings. The van der Waals surface area contributed by atoms with Crippen molar-refractivity contribution in [3.05, 3.63) is 75.7 Å². The highest BCUT2D eigenvalue weighted by molar-refractivity contribution is 7.89. The first-order valence-electron chi connectivity index (χ1n) is 9.50. The number of rotatable bonds is 5. The Morgan fingerprint density at radius 3 is 2.56 bits per heavy atom. The van der Waals surface area contributed by atoms with Gasteiger partial charge >= 0.3 is 6.18 Å². The standard InChI is InChI=1S/C19H16Cl2F3N7O2S/c1-10-26-28-18(31(10)16-5-6-25-27-16)17-15(7-11(20)9-30(17)2)29-34(32,33)12-3-4-14(21)13(8-12)19(22,23)24/h3-9,17,29H,1-2H3,(H,25,27). The van der Waals surface area contributed by atoms with E-state index in [0.29, 0.717) is 23.5 Å². The smallest absolute Gasteiger partial charge is 0.364 e. The first-order chi connectivity index (χ1) is 15.9. The van der Waals surface area contributed by atoms with Gasteiger partial charge in [-0.3, -0.25) is 14.4 Å². The average molecular weight is 534 g/mol. The predicted octanol–water partition coefficient (Wildman–Crippen LogP) is 3.90. The van der Waals surface area contributed by atoms with Crippen molar-refractivity contribution < 1.29 is 21.6 Å². The van der Waals surface area contributed by atoms with Crippen molar-refractivity contribution in [1.29, 1.82) is 0 Å². The molecular weight excluding hydrogens is 518 g/mol. The molecular formula is C19H16Cl2F3N7O2S. The number of likely N-dealkylation sites (N-methyl/N-ethyl adjacent to an activating group) is 1. The third kappa shape index (κ3) is 4.50. The van der Waals surface area contributed by atoms with Gasteiger partial charge in [0.05, 0.1) is 32.4 Å². The first-order valence-corrected chi connectivity index (χ1v) is 11.7. The van der Waals surface area contributed by atoms with Gasteiger partial charge in [0.25, 0.3) is 10.0 Å². The Kier molecular flexibility index (Phi) is 6.12. The molecule has 2 aromatic heterocycles. The van der Waals surface area contributed by atoms with Gasteiger partial charge < -0.3 is 4.90 Å². The molecule has 15 heteroatoms. The Balaban J connectivity index is 1.77. The summed E-state index contributed by atoms with van der Waals surface area (Å²) in [4.78, 5) is 0.975. The van der Waals surface area contributed by atoms with E-state index >= 15 is 0 Å². The maximum absolute atomic E-state index is 13.3. The number of nitrogens with zero attached hydrogens (tertiary/aromatic N) is 5. The van der Waals surface area contributed by atoms with Gasteiger partial charge in [0.1, 0.15) is 17.7 Å². The largest absolute Gasteiger partial charge is 0.417 e. The van der Waals surface area contributed by atoms with E-state index in [0.717, 1.165) is 12.1 Å². The number of sulfonamides is 1. The van der Waals surface area contributed by atoms with Crippen molar-refractivity contribution in [3.8, 4) is 5.82 Å². The molecule has 4 rings (SSSR count). The third-order valence-corrected chi connectivity index (χ3v) is 6.86. The van der Waals surface area contributed by atoms with Crippen molar-refractivity contribution in [3.63, 3.8) is 0 Å². The number of benzene rings is 1. The summed E-state index contributed by atoms with van der Waals surface area (Å²) >= 11 is 11.8. The molecule has 1 unspecified atom stereocenters. The van der Waals surface area contributed by atoms with Gasteiger partial charge in [-0.1, -0.05) is 23.2 Å². The van der Waals surface area contributed by atoms with Crippen LogP contribution in [-0.4, -0.2) is 45.3 Å². The van der Waals surface area contributed by atoms with Crippen LogP contribution >= 0.6 is 23.2 Å². The van der Waals surface area contributed by atoms with Crippen molar-refractivity contribution >= 4 is 33.2 Å². The molecule has 1 aromatic carbocycles. The maximum atomic E-state index is 13.3. The molecule has 0 saturated heterocycles. The molecule has 3 aromatic rings. The maximum Gasteiger partial charge on any atom is 0.417 e. The summed E-state index contributed by atoms with van der Waals surface area (Å²) in [6, 6.07) is 3.17. The summed E-state index contributed by atoms with van der Waals surface area (Å²) in [5.41, 5.74) is -1.22. The van der Waals surface area contributed by atoms with E-state index in [1.807, 2.05) is 0 Å². The van der Waals surface area contributed by atoms with E-state index in [1.54, 1.807) is 35.7 Å². The van der Waals surface area contributed by atoms with E-state index in [2.05, 4.69) is 25.1 Å². The summed E-state index contributed by atoms with van der Waals surface area (Å²) in [6.45, 7) is 1.70. The number of hydrogen-bond acceptors (Lipinski definition) is 6. The molecule has 180 valence electrons. The molecule has 9 nitrogen and oxygen atoms in total. The number of nitrogens with one attached hydrogen (secondary N) is 2. The van der Waals surface area contributed by atoms with Crippen molar-refractivity contribution in [2.45, 2.75) is 24.0 Å². The van der Waals surface area contributed by atoms with Crippen LogP contribution in [-0.2, 0) is 16.2 Å². The van der Waals surface area contributed by atoms with Gasteiger partial charge in [0.15, 0.2) is 5.82 Å². The fraction of sp³-hybridized carbons (Fsp3) is 0.211. The summed E-state index contributed by atoms with van der Waals surface area (Å²) in [6.07, 6.45) is -0.404. The van der Waals surface area contributed by atoms with Crippen molar-refractivity contribution in [1.82, 2.24) is 34.6 Å². The lowest BCUT2D eigenvalue weighted by molar-refractivity contribution is -0.137. The molecule has 0 fully saturated rings. The molecule has 0 radical (unpaired) electrons. The van der Waals surface area contributed by atoms with Gasteiger partial charge in [0.2, 0.25) is 0 Å². The number of alkyl halides is 3. The highest BCUT2D eigenvalue weighted by Gasteiger charge is 2.36. The first kappa shape index (κ1) is 24.1. The van der Waals surface area contributed by atoms with Crippen LogP contribution in [0.3, 0.4) is 0 Å². The van der Waals surface area contributed by atoms with Crippen LogP contribution < -0.4 is 4.72 Å². The minimum atomic E-state index is -4.83. The van der Waals surface area contributed by atoms with Crippen LogP contribution in [0.25, 0.3) is 5.82 Å². The second-order valence-electron chi connectivity index (χ2n) is 7.31. The highest BCUT2D eigenvalue weighted by Crippen LogP contribution is 2.37. The zero-order chi connectivity index (χ0) is 24.8. The molecule has 0 saturated carbocycles. The fourth-order valence-corrected chi connectivity index (χ4v) is 5.10. The van der Waals surface area contributed by atoms with Crippen LogP contribution in [0.15, 0.2) is 58.4 Å². The van der Waals surface area contributed by atoms with E-state index in [4.69, 9.17) is 23.2 Å². The quantitative estimate of drug-likeness (QED) is 0.514. The lowest BCUT2D eigenvalue weighted by atomic mass is 10.1. The fourth-order valence-electron chi connectivity index (χ4n) is 3.49. The SMILES string of the molecule is Cc1nnc(C2C(NS(=O)(=O)c3ccc(Cl)c(C(F)(F)F)c3)=CC(Cl)=CN2C)n1-c1ccn[nH]1. The van der Waals surface area contributed by atoms with E-state index < -0.39 is 37.7 Å². The van der Waals surface area contributed by atoms with Crippen LogP contribution in [0.1, 0.15) is 23.3 Å². The molecule has 0 amide bonds. The average Bonchev–Trinajstić information content (AvgIpc) is 3.36. The highest BCUT2D eigenvalue weighted by atomic mass is 35.5. The second kappa shape index (κ2) is 8.64. The van der Waals surface area contributed by atoms with Crippen molar-refractivity contribution in [2.75, 3.05) is 7.05 Å². The lowest BCUT2D eigenvalue weighted by Crippen LogP contribution is -2.35. The Morgan fingerprint density at radius 2 is 1.91 bits per heavy atom. The monoisotopic (exact) mass is 533 g/mol. The summed E-state index contributed by atoms with van der Waals surface area (Å²) in [7, 11) is -2.84. The van der Waals surface area contributed by atoms with E-state index in [-0.39, 0.29) is 10.7 Å². The Morgan fingerprint density at radius 1 is 1.18 bits per heavy atom. The number of halogens is 5. The van der Waals surface area contributed by atoms with Crippen LogP contribution in [0.5, 0.6) is 0 Å². The number of aromatic amines is 1. The van der Waals surface area contributed by atoms with Gasteiger partial charge in [-0.2, -0.15) is 18.3 Å². The molecule has 3 heterocycles. The zero-order valence-electron chi connectivity index (χ0n) is 17.5. The Bertz CT molecular complexity index is 1400. The summed E-state index contributed by atoms with van der Waals surface area (Å²) < 4.78 is 70.0. The number of allylic oxidation sites excluding steroid dienone is 2. The molecule has 34 heavy (non-hydrogen) atoms. The third-order valence-electron chi connectivity index (χ3n) is 4.95. The molecule has 0 spiro atoms. The van der Waals surface area contributed by atoms with Gasteiger partial charge in [0, 0.05) is 19.3 Å². The normalized spacial score (nSPS) is 16.9. The number of H-pyrrole nitrogens is 1. The predicted molar refractivity (Wildman–Crippen MR) is 118 cm³/mol. The van der Waals surface area contributed by atoms with Crippen LogP contribution in [0.4, 0.5) is 13.2 Å².